The molecule has 4 heterocycles. The van der Waals surface area contributed by atoms with Crippen LogP contribution in [-0.4, -0.2) is 14.0 Å². The lowest BCUT2D eigenvalue weighted by Crippen LogP contribution is -1.93. The van der Waals surface area contributed by atoms with Crippen molar-refractivity contribution in [2.75, 3.05) is 0 Å². The third-order valence-corrected chi connectivity index (χ3v) is 12.5. The third-order valence-electron chi connectivity index (χ3n) is 11.3. The number of para-hydroxylation sites is 2. The number of hydrogen-bond acceptors (Lipinski definition) is 2. The first-order chi connectivity index (χ1) is 27.3. The van der Waals surface area contributed by atoms with E-state index in [9.17, 15) is 0 Å². The van der Waals surface area contributed by atoms with Crippen molar-refractivity contribution in [2.24, 2.45) is 0 Å². The Hall–Kier alpha value is -7.01. The molecule has 0 atom stereocenters. The summed E-state index contributed by atoms with van der Waals surface area (Å²) in [5.41, 5.74) is 13.9. The van der Waals surface area contributed by atoms with Gasteiger partial charge in [-0.05, 0) is 81.7 Å². The van der Waals surface area contributed by atoms with Crippen molar-refractivity contribution in [3.05, 3.63) is 188 Å². The molecule has 8 aromatic carbocycles. The Balaban J connectivity index is 0.944. The van der Waals surface area contributed by atoms with E-state index in [0.717, 1.165) is 27.9 Å². The van der Waals surface area contributed by atoms with Gasteiger partial charge in [0, 0.05) is 37.3 Å². The van der Waals surface area contributed by atoms with Gasteiger partial charge in [-0.3, -0.25) is 4.40 Å². The van der Waals surface area contributed by atoms with Crippen LogP contribution in [0.4, 0.5) is 0 Å². The van der Waals surface area contributed by atoms with E-state index in [4.69, 9.17) is 4.98 Å². The molecule has 0 radical (unpaired) electrons. The van der Waals surface area contributed by atoms with Gasteiger partial charge in [-0.2, -0.15) is 0 Å². The molecule has 0 spiro atoms. The van der Waals surface area contributed by atoms with E-state index < -0.39 is 0 Å². The van der Waals surface area contributed by atoms with Crippen molar-refractivity contribution in [3.63, 3.8) is 0 Å². The van der Waals surface area contributed by atoms with Crippen molar-refractivity contribution < 1.29 is 0 Å². The molecule has 0 bridgehead atoms. The summed E-state index contributed by atoms with van der Waals surface area (Å²) in [5, 5.41) is 7.45. The molecule has 55 heavy (non-hydrogen) atoms. The highest BCUT2D eigenvalue weighted by molar-refractivity contribution is 7.26. The average molecular weight is 718 g/mol. The molecular formula is C51H31N3S. The van der Waals surface area contributed by atoms with Gasteiger partial charge < -0.3 is 4.57 Å². The molecule has 4 heteroatoms. The monoisotopic (exact) mass is 717 g/mol. The molecule has 256 valence electrons. The number of pyridine rings is 1. The highest BCUT2D eigenvalue weighted by atomic mass is 32.1. The van der Waals surface area contributed by atoms with Gasteiger partial charge in [0.25, 0.3) is 0 Å². The molecule has 0 aliphatic heterocycles. The molecule has 12 rings (SSSR count). The van der Waals surface area contributed by atoms with Gasteiger partial charge in [0.05, 0.1) is 32.5 Å². The minimum Gasteiger partial charge on any atom is -0.309 e. The van der Waals surface area contributed by atoms with Crippen molar-refractivity contribution in [1.29, 1.82) is 0 Å². The van der Waals surface area contributed by atoms with E-state index in [1.54, 1.807) is 0 Å². The van der Waals surface area contributed by atoms with Crippen LogP contribution >= 0.6 is 11.3 Å². The topological polar surface area (TPSA) is 22.2 Å². The molecule has 0 unspecified atom stereocenters. The fraction of sp³-hybridized carbons (Fsp3) is 0. The van der Waals surface area contributed by atoms with Gasteiger partial charge >= 0.3 is 0 Å². The maximum absolute atomic E-state index is 5.37. The number of imidazole rings is 1. The molecule has 0 aliphatic rings. The fourth-order valence-electron chi connectivity index (χ4n) is 8.69. The van der Waals surface area contributed by atoms with Crippen LogP contribution < -0.4 is 0 Å². The molecule has 0 N–H and O–H groups in total. The lowest BCUT2D eigenvalue weighted by Gasteiger charge is -2.11. The second-order valence-electron chi connectivity index (χ2n) is 14.4. The lowest BCUT2D eigenvalue weighted by atomic mass is 9.98. The Morgan fingerprint density at radius 3 is 1.80 bits per heavy atom. The van der Waals surface area contributed by atoms with E-state index in [2.05, 4.69) is 197 Å². The smallest absolute Gasteiger partial charge is 0.156 e. The van der Waals surface area contributed by atoms with Crippen LogP contribution in [0.15, 0.2) is 188 Å². The SMILES string of the molecule is c1ccc(-n2c3ccccc3c3cc(-c4ccc(-c5ccc(-c6cc7c8ccccc8sc7c7nc8c9ccccc9ccc8n67)cc5)cc4)ccc32)cc1. The molecule has 0 saturated carbocycles. The Kier molecular flexibility index (Phi) is 6.50. The number of hydrogen-bond donors (Lipinski definition) is 0. The predicted molar refractivity (Wildman–Crippen MR) is 234 cm³/mol. The van der Waals surface area contributed by atoms with E-state index in [-0.39, 0.29) is 0 Å². The molecule has 0 saturated heterocycles. The van der Waals surface area contributed by atoms with Crippen LogP contribution in [0.25, 0.3) is 109 Å². The molecule has 0 aliphatic carbocycles. The first-order valence-electron chi connectivity index (χ1n) is 18.7. The summed E-state index contributed by atoms with van der Waals surface area (Å²) in [4.78, 5) is 5.37. The second-order valence-corrected chi connectivity index (χ2v) is 15.4. The largest absolute Gasteiger partial charge is 0.309 e. The molecule has 4 aromatic heterocycles. The summed E-state index contributed by atoms with van der Waals surface area (Å²) in [5.74, 6) is 0. The fourth-order valence-corrected chi connectivity index (χ4v) is 9.85. The summed E-state index contributed by atoms with van der Waals surface area (Å²) < 4.78 is 7.25. The quantitative estimate of drug-likeness (QED) is 0.178. The van der Waals surface area contributed by atoms with Gasteiger partial charge in [0.2, 0.25) is 0 Å². The van der Waals surface area contributed by atoms with E-state index in [0.29, 0.717) is 0 Å². The summed E-state index contributed by atoms with van der Waals surface area (Å²) in [7, 11) is 0. The van der Waals surface area contributed by atoms with Crippen LogP contribution in [0.1, 0.15) is 0 Å². The molecular weight excluding hydrogens is 687 g/mol. The normalized spacial score (nSPS) is 12.0. The van der Waals surface area contributed by atoms with Crippen LogP contribution in [0.5, 0.6) is 0 Å². The van der Waals surface area contributed by atoms with Gasteiger partial charge in [-0.15, -0.1) is 11.3 Å². The molecule has 0 amide bonds. The average Bonchev–Trinajstić information content (AvgIpc) is 3.94. The van der Waals surface area contributed by atoms with Crippen molar-refractivity contribution in [2.45, 2.75) is 0 Å². The van der Waals surface area contributed by atoms with Crippen molar-refractivity contribution in [1.82, 2.24) is 14.0 Å². The Bertz CT molecular complexity index is 3460. The summed E-state index contributed by atoms with van der Waals surface area (Å²) in [6, 6.07) is 68.3. The number of aromatic nitrogens is 3. The maximum Gasteiger partial charge on any atom is 0.156 e. The van der Waals surface area contributed by atoms with Crippen molar-refractivity contribution >= 4 is 80.8 Å². The van der Waals surface area contributed by atoms with Crippen LogP contribution in [0.3, 0.4) is 0 Å². The minimum atomic E-state index is 1.02. The molecule has 12 aromatic rings. The molecule has 0 fully saturated rings. The maximum atomic E-state index is 5.37. The highest BCUT2D eigenvalue weighted by Crippen LogP contribution is 2.42. The van der Waals surface area contributed by atoms with Crippen molar-refractivity contribution in [3.8, 4) is 39.2 Å². The van der Waals surface area contributed by atoms with Gasteiger partial charge in [0.1, 0.15) is 0 Å². The summed E-state index contributed by atoms with van der Waals surface area (Å²) in [6.07, 6.45) is 0. The highest BCUT2D eigenvalue weighted by Gasteiger charge is 2.19. The van der Waals surface area contributed by atoms with Gasteiger partial charge in [-0.1, -0.05) is 140 Å². The van der Waals surface area contributed by atoms with Crippen LogP contribution in [0.2, 0.25) is 0 Å². The number of fused-ring (bicyclic) bond motifs is 12. The zero-order valence-corrected chi connectivity index (χ0v) is 30.5. The molecule has 3 nitrogen and oxygen atoms in total. The second kappa shape index (κ2) is 11.7. The van der Waals surface area contributed by atoms with E-state index >= 15 is 0 Å². The predicted octanol–water partition coefficient (Wildman–Crippen LogP) is 14.1. The van der Waals surface area contributed by atoms with Crippen LogP contribution in [0, 0.1) is 0 Å². The first-order valence-corrected chi connectivity index (χ1v) is 19.5. The number of nitrogens with zero attached hydrogens (tertiary/aromatic N) is 3. The zero-order valence-electron chi connectivity index (χ0n) is 29.6. The van der Waals surface area contributed by atoms with E-state index in [1.807, 2.05) is 11.3 Å². The van der Waals surface area contributed by atoms with Gasteiger partial charge in [-0.25, -0.2) is 4.98 Å². The Morgan fingerprint density at radius 1 is 0.400 bits per heavy atom. The third kappa shape index (κ3) is 4.59. The van der Waals surface area contributed by atoms with E-state index in [1.165, 1.54) is 80.7 Å². The number of thiophene rings is 1. The Morgan fingerprint density at radius 2 is 1.00 bits per heavy atom. The summed E-state index contributed by atoms with van der Waals surface area (Å²) in [6.45, 7) is 0. The minimum absolute atomic E-state index is 1.02. The number of benzene rings is 8. The number of rotatable bonds is 4. The zero-order chi connectivity index (χ0) is 36.0. The standard InChI is InChI=1S/C51H31N3S/c1-2-11-38(12-3-1)53-44-16-8-6-14-40(44)42-30-37(27-28-45(42)53)34-20-18-32(19-21-34)33-22-24-36(25-23-33)47-31-43-41-15-7-9-17-48(41)55-50(43)51-52-49-39-13-5-4-10-35(39)26-29-46(49)54(47)51/h1-31H. The van der Waals surface area contributed by atoms with Gasteiger partial charge in [0.15, 0.2) is 5.65 Å². The lowest BCUT2D eigenvalue weighted by molar-refractivity contribution is 1.18. The van der Waals surface area contributed by atoms with Crippen LogP contribution in [-0.2, 0) is 0 Å². The summed E-state index contributed by atoms with van der Waals surface area (Å²) >= 11 is 1.83. The first kappa shape index (κ1) is 30.5. The Labute approximate surface area is 320 Å².